The molecule has 2 bridgehead atoms. The highest BCUT2D eigenvalue weighted by Crippen LogP contribution is 2.68. The second-order valence-corrected chi connectivity index (χ2v) is 8.77. The largest absolute Gasteiger partial charge is 0.508 e. The maximum absolute atomic E-state index is 12.8. The third-order valence-electron chi connectivity index (χ3n) is 7.19. The second kappa shape index (κ2) is 4.46. The van der Waals surface area contributed by atoms with Gasteiger partial charge in [-0.1, -0.05) is 19.9 Å². The lowest BCUT2D eigenvalue weighted by atomic mass is 9.51. The van der Waals surface area contributed by atoms with Crippen LogP contribution in [0.1, 0.15) is 38.2 Å². The van der Waals surface area contributed by atoms with Crippen molar-refractivity contribution in [2.24, 2.45) is 23.2 Å². The Morgan fingerprint density at radius 2 is 2.04 bits per heavy atom. The van der Waals surface area contributed by atoms with Crippen molar-refractivity contribution in [2.45, 2.75) is 44.3 Å². The normalized spacial score (nSPS) is 43.0. The fourth-order valence-electron chi connectivity index (χ4n) is 6.14. The van der Waals surface area contributed by atoms with Crippen LogP contribution >= 0.6 is 0 Å². The summed E-state index contributed by atoms with van der Waals surface area (Å²) >= 11 is 0. The van der Waals surface area contributed by atoms with Crippen molar-refractivity contribution < 1.29 is 24.9 Å². The zero-order valence-electron chi connectivity index (χ0n) is 14.3. The molecule has 5 heteroatoms. The van der Waals surface area contributed by atoms with Gasteiger partial charge in [0.15, 0.2) is 0 Å². The van der Waals surface area contributed by atoms with Crippen LogP contribution in [0.15, 0.2) is 30.0 Å². The van der Waals surface area contributed by atoms with Crippen molar-refractivity contribution in [2.75, 3.05) is 0 Å². The van der Waals surface area contributed by atoms with Crippen LogP contribution in [0, 0.1) is 23.2 Å². The molecule has 0 saturated heterocycles. The van der Waals surface area contributed by atoms with Gasteiger partial charge < -0.3 is 20.1 Å². The van der Waals surface area contributed by atoms with Crippen LogP contribution in [0.4, 0.5) is 0 Å². The van der Waals surface area contributed by atoms with Gasteiger partial charge in [0, 0.05) is 35.8 Å². The number of ether oxygens (including phenoxy) is 1. The molecule has 3 fully saturated rings. The number of aliphatic hydroxyl groups is 2. The predicted octanol–water partition coefficient (Wildman–Crippen LogP) is 2.11. The molecule has 1 aromatic carbocycles. The molecule has 3 N–H and O–H groups in total. The molecule has 3 unspecified atom stereocenters. The van der Waals surface area contributed by atoms with Gasteiger partial charge in [0.2, 0.25) is 0 Å². The highest BCUT2D eigenvalue weighted by atomic mass is 16.5. The standard InChI is InChI=1S/C20H22O5/c1-19(2)12-6-20(24)7-13(22)15(16(12)18(20)23)11-8-25-14-5-9(21)3-4-10(14)17(11)19/h3-5,8,12,15-18,21,23-24H,6-7H2,1-2H3/t12-,15?,16?,17?,18-,20-/m1/s1. The van der Waals surface area contributed by atoms with E-state index in [0.29, 0.717) is 12.2 Å². The highest BCUT2D eigenvalue weighted by Gasteiger charge is 2.69. The van der Waals surface area contributed by atoms with Gasteiger partial charge in [0.25, 0.3) is 0 Å². The van der Waals surface area contributed by atoms with Gasteiger partial charge in [-0.15, -0.1) is 0 Å². The monoisotopic (exact) mass is 342 g/mol. The number of hydrogen-bond acceptors (Lipinski definition) is 5. The summed E-state index contributed by atoms with van der Waals surface area (Å²) in [6, 6.07) is 5.10. The molecule has 5 rings (SSSR count). The number of hydrogen-bond donors (Lipinski definition) is 3. The maximum atomic E-state index is 12.8. The van der Waals surface area contributed by atoms with E-state index in [-0.39, 0.29) is 41.1 Å². The van der Waals surface area contributed by atoms with Gasteiger partial charge in [0.1, 0.15) is 17.3 Å². The molecule has 0 amide bonds. The molecule has 132 valence electrons. The van der Waals surface area contributed by atoms with E-state index in [1.807, 2.05) is 6.07 Å². The molecule has 0 spiro atoms. The van der Waals surface area contributed by atoms with Crippen LogP contribution in [-0.4, -0.2) is 32.8 Å². The first-order valence-corrected chi connectivity index (χ1v) is 8.87. The Morgan fingerprint density at radius 1 is 1.28 bits per heavy atom. The fourth-order valence-corrected chi connectivity index (χ4v) is 6.14. The van der Waals surface area contributed by atoms with E-state index in [9.17, 15) is 20.1 Å². The van der Waals surface area contributed by atoms with Crippen LogP contribution in [0.5, 0.6) is 11.5 Å². The van der Waals surface area contributed by atoms with Crippen molar-refractivity contribution in [3.8, 4) is 11.5 Å². The van der Waals surface area contributed by atoms with Crippen LogP contribution in [-0.2, 0) is 4.79 Å². The summed E-state index contributed by atoms with van der Waals surface area (Å²) in [5.41, 5.74) is 0.312. The Labute approximate surface area is 145 Å². The highest BCUT2D eigenvalue weighted by molar-refractivity contribution is 5.88. The summed E-state index contributed by atoms with van der Waals surface area (Å²) < 4.78 is 5.76. The van der Waals surface area contributed by atoms with E-state index in [2.05, 4.69) is 13.8 Å². The first-order valence-electron chi connectivity index (χ1n) is 8.87. The van der Waals surface area contributed by atoms with E-state index in [4.69, 9.17) is 4.74 Å². The maximum Gasteiger partial charge on any atom is 0.143 e. The summed E-state index contributed by atoms with van der Waals surface area (Å²) in [4.78, 5) is 12.8. The molecule has 1 heterocycles. The molecule has 0 aromatic heterocycles. The lowest BCUT2D eigenvalue weighted by molar-refractivity contribution is -0.149. The number of ketones is 1. The number of phenols is 1. The van der Waals surface area contributed by atoms with Crippen molar-refractivity contribution >= 4 is 5.78 Å². The number of benzene rings is 1. The van der Waals surface area contributed by atoms with Crippen molar-refractivity contribution in [1.29, 1.82) is 0 Å². The van der Waals surface area contributed by atoms with Gasteiger partial charge in [-0.05, 0) is 29.4 Å². The zero-order chi connectivity index (χ0) is 17.7. The topological polar surface area (TPSA) is 87.0 Å². The minimum Gasteiger partial charge on any atom is -0.508 e. The molecule has 3 saturated carbocycles. The third-order valence-corrected chi connectivity index (χ3v) is 7.19. The molecule has 25 heavy (non-hydrogen) atoms. The SMILES string of the molecule is CC1(C)C2C(=COc3cc(O)ccc32)C2C(=O)C[C@]3(O)C[C@@H]1C2[C@H]3O. The average Bonchev–Trinajstić information content (AvgIpc) is 2.73. The molecule has 4 aliphatic rings. The summed E-state index contributed by atoms with van der Waals surface area (Å²) in [6.07, 6.45) is 1.23. The van der Waals surface area contributed by atoms with Crippen LogP contribution in [0.2, 0.25) is 0 Å². The number of fused-ring (bicyclic) bond motifs is 5. The minimum atomic E-state index is -1.30. The number of Topliss-reactive ketones (excluding diaryl/α,β-unsaturated/α-hetero) is 1. The van der Waals surface area contributed by atoms with Gasteiger partial charge in [-0.25, -0.2) is 0 Å². The Kier molecular flexibility index (Phi) is 2.75. The second-order valence-electron chi connectivity index (χ2n) is 8.77. The lowest BCUT2D eigenvalue weighted by Gasteiger charge is -2.53. The third kappa shape index (κ3) is 1.73. The smallest absolute Gasteiger partial charge is 0.143 e. The molecule has 5 nitrogen and oxygen atoms in total. The molecular formula is C20H22O5. The summed E-state index contributed by atoms with van der Waals surface area (Å²) in [5, 5.41) is 31.4. The molecule has 1 aromatic rings. The predicted molar refractivity (Wildman–Crippen MR) is 89.0 cm³/mol. The fraction of sp³-hybridized carbons (Fsp3) is 0.550. The number of allylic oxidation sites excluding steroid dienone is 1. The van der Waals surface area contributed by atoms with Gasteiger partial charge in [-0.3, -0.25) is 4.79 Å². The number of carbonyl (C=O) groups excluding carboxylic acids is 1. The summed E-state index contributed by atoms with van der Waals surface area (Å²) in [5.74, 6) is 0.112. The number of aromatic hydroxyl groups is 1. The molecular weight excluding hydrogens is 320 g/mol. The summed E-state index contributed by atoms with van der Waals surface area (Å²) in [6.45, 7) is 4.30. The van der Waals surface area contributed by atoms with Crippen LogP contribution < -0.4 is 4.74 Å². The molecule has 6 atom stereocenters. The van der Waals surface area contributed by atoms with E-state index >= 15 is 0 Å². The molecule has 0 radical (unpaired) electrons. The van der Waals surface area contributed by atoms with Crippen LogP contribution in [0.3, 0.4) is 0 Å². The van der Waals surface area contributed by atoms with E-state index in [0.717, 1.165) is 11.1 Å². The van der Waals surface area contributed by atoms with Gasteiger partial charge in [0.05, 0.1) is 18.0 Å². The minimum absolute atomic E-state index is 0.00196. The van der Waals surface area contributed by atoms with Gasteiger partial charge in [-0.2, -0.15) is 0 Å². The van der Waals surface area contributed by atoms with Crippen molar-refractivity contribution in [3.63, 3.8) is 0 Å². The van der Waals surface area contributed by atoms with Crippen molar-refractivity contribution in [1.82, 2.24) is 0 Å². The first-order chi connectivity index (χ1) is 11.7. The zero-order valence-corrected chi connectivity index (χ0v) is 14.3. The Morgan fingerprint density at radius 3 is 2.80 bits per heavy atom. The lowest BCUT2D eigenvalue weighted by Crippen LogP contribution is -2.55. The Bertz CT molecular complexity index is 825. The van der Waals surface area contributed by atoms with E-state index < -0.39 is 17.6 Å². The average molecular weight is 342 g/mol. The number of rotatable bonds is 0. The number of carbonyl (C=O) groups is 1. The van der Waals surface area contributed by atoms with E-state index in [1.54, 1.807) is 18.4 Å². The van der Waals surface area contributed by atoms with Crippen LogP contribution in [0.25, 0.3) is 0 Å². The van der Waals surface area contributed by atoms with Crippen molar-refractivity contribution in [3.05, 3.63) is 35.6 Å². The first kappa shape index (κ1) is 15.4. The van der Waals surface area contributed by atoms with Gasteiger partial charge >= 0.3 is 0 Å². The number of phenolic OH excluding ortho intramolecular Hbond substituents is 1. The quantitative estimate of drug-likeness (QED) is 0.672. The van der Waals surface area contributed by atoms with E-state index in [1.165, 1.54) is 0 Å². The Balaban J connectivity index is 1.73. The molecule has 3 aliphatic carbocycles. The molecule has 1 aliphatic heterocycles. The summed E-state index contributed by atoms with van der Waals surface area (Å²) in [7, 11) is 0. The Hall–Kier alpha value is -1.85. The number of aliphatic hydroxyl groups excluding tert-OH is 1.